The van der Waals surface area contributed by atoms with E-state index in [0.717, 1.165) is 23.4 Å². The van der Waals surface area contributed by atoms with E-state index in [1.807, 2.05) is 24.3 Å². The molecule has 1 fully saturated rings. The van der Waals surface area contributed by atoms with Crippen molar-refractivity contribution in [1.29, 1.82) is 0 Å². The van der Waals surface area contributed by atoms with E-state index in [9.17, 15) is 0 Å². The minimum atomic E-state index is 0.830. The molecule has 1 N–H and O–H groups in total. The number of benzene rings is 1. The van der Waals surface area contributed by atoms with Crippen LogP contribution in [0.3, 0.4) is 0 Å². The van der Waals surface area contributed by atoms with Crippen molar-refractivity contribution in [3.05, 3.63) is 28.7 Å². The summed E-state index contributed by atoms with van der Waals surface area (Å²) >= 11 is 3.42. The number of quaternary nitrogens is 1. The number of hydrogen-bond donors (Lipinski definition) is 1. The molecule has 0 radical (unpaired) electrons. The molecule has 2 rings (SSSR count). The summed E-state index contributed by atoms with van der Waals surface area (Å²) in [6.07, 6.45) is 4.18. The van der Waals surface area contributed by atoms with Crippen molar-refractivity contribution in [2.24, 2.45) is 0 Å². The van der Waals surface area contributed by atoms with Gasteiger partial charge in [-0.15, -0.1) is 0 Å². The van der Waals surface area contributed by atoms with Crippen LogP contribution in [0.4, 0.5) is 0 Å². The van der Waals surface area contributed by atoms with Crippen LogP contribution >= 0.6 is 15.9 Å². The Labute approximate surface area is 106 Å². The molecule has 0 unspecified atom stereocenters. The molecule has 16 heavy (non-hydrogen) atoms. The van der Waals surface area contributed by atoms with Gasteiger partial charge >= 0.3 is 0 Å². The van der Waals surface area contributed by atoms with E-state index in [0.29, 0.717) is 0 Å². The number of likely N-dealkylation sites (tertiary alicyclic amines) is 1. The predicted molar refractivity (Wildman–Crippen MR) is 69.1 cm³/mol. The molecule has 1 saturated heterocycles. The highest BCUT2D eigenvalue weighted by molar-refractivity contribution is 9.10. The van der Waals surface area contributed by atoms with E-state index in [-0.39, 0.29) is 0 Å². The third-order valence-electron chi connectivity index (χ3n) is 3.10. The minimum Gasteiger partial charge on any atom is -0.488 e. The van der Waals surface area contributed by atoms with Crippen LogP contribution in [0.1, 0.15) is 19.3 Å². The molecular weight excluding hydrogens is 266 g/mol. The fraction of sp³-hybridized carbons (Fsp3) is 0.538. The maximum absolute atomic E-state index is 5.72. The van der Waals surface area contributed by atoms with E-state index in [1.165, 1.54) is 32.4 Å². The third-order valence-corrected chi connectivity index (χ3v) is 3.63. The fourth-order valence-corrected chi connectivity index (χ4v) is 2.41. The van der Waals surface area contributed by atoms with Crippen molar-refractivity contribution in [1.82, 2.24) is 0 Å². The molecule has 0 amide bonds. The maximum atomic E-state index is 5.72. The lowest BCUT2D eigenvalue weighted by Gasteiger charge is -2.23. The Balaban J connectivity index is 1.69. The number of nitrogens with one attached hydrogen (secondary N) is 1. The number of piperidine rings is 1. The first kappa shape index (κ1) is 11.9. The highest BCUT2D eigenvalue weighted by Gasteiger charge is 2.12. The van der Waals surface area contributed by atoms with E-state index in [4.69, 9.17) is 4.74 Å². The lowest BCUT2D eigenvalue weighted by atomic mass is 10.1. The predicted octanol–water partition coefficient (Wildman–Crippen LogP) is 1.90. The number of ether oxygens (including phenoxy) is 1. The lowest BCUT2D eigenvalue weighted by molar-refractivity contribution is -0.904. The molecule has 88 valence electrons. The Morgan fingerprint density at radius 1 is 1.06 bits per heavy atom. The van der Waals surface area contributed by atoms with Crippen molar-refractivity contribution in [2.45, 2.75) is 19.3 Å². The van der Waals surface area contributed by atoms with Crippen molar-refractivity contribution < 1.29 is 9.64 Å². The molecule has 0 bridgehead atoms. The van der Waals surface area contributed by atoms with Gasteiger partial charge < -0.3 is 9.64 Å². The molecule has 0 atom stereocenters. The molecule has 0 saturated carbocycles. The topological polar surface area (TPSA) is 13.7 Å². The molecular formula is C13H19BrNO+. The van der Waals surface area contributed by atoms with Gasteiger partial charge in [0.1, 0.15) is 18.9 Å². The summed E-state index contributed by atoms with van der Waals surface area (Å²) in [6.45, 7) is 4.61. The highest BCUT2D eigenvalue weighted by Crippen LogP contribution is 2.15. The largest absolute Gasteiger partial charge is 0.488 e. The molecule has 3 heteroatoms. The van der Waals surface area contributed by atoms with Crippen LogP contribution in [0.5, 0.6) is 5.75 Å². The van der Waals surface area contributed by atoms with Crippen LogP contribution in [-0.2, 0) is 0 Å². The van der Waals surface area contributed by atoms with Crippen molar-refractivity contribution in [2.75, 3.05) is 26.2 Å². The first-order chi connectivity index (χ1) is 7.84. The Morgan fingerprint density at radius 2 is 1.75 bits per heavy atom. The van der Waals surface area contributed by atoms with Gasteiger partial charge in [-0.3, -0.25) is 0 Å². The minimum absolute atomic E-state index is 0.830. The van der Waals surface area contributed by atoms with Crippen molar-refractivity contribution in [3.63, 3.8) is 0 Å². The van der Waals surface area contributed by atoms with Crippen LogP contribution in [0.25, 0.3) is 0 Å². The summed E-state index contributed by atoms with van der Waals surface area (Å²) in [5.41, 5.74) is 0. The second-order valence-electron chi connectivity index (χ2n) is 4.36. The summed E-state index contributed by atoms with van der Waals surface area (Å²) < 4.78 is 6.82. The van der Waals surface area contributed by atoms with Crippen LogP contribution in [0, 0.1) is 0 Å². The summed E-state index contributed by atoms with van der Waals surface area (Å²) in [4.78, 5) is 1.70. The number of rotatable bonds is 4. The standard InChI is InChI=1S/C13H18BrNO/c14-12-4-6-13(7-5-12)16-11-10-15-8-2-1-3-9-15/h4-7H,1-3,8-11H2/p+1. The normalized spacial score (nSPS) is 17.3. The molecule has 2 nitrogen and oxygen atoms in total. The van der Waals surface area contributed by atoms with Gasteiger partial charge in [0.05, 0.1) is 13.1 Å². The average molecular weight is 285 g/mol. The zero-order chi connectivity index (χ0) is 11.2. The van der Waals surface area contributed by atoms with Crippen molar-refractivity contribution in [3.8, 4) is 5.75 Å². The summed E-state index contributed by atoms with van der Waals surface area (Å²) in [6, 6.07) is 8.05. The Hall–Kier alpha value is -0.540. The zero-order valence-electron chi connectivity index (χ0n) is 9.55. The Bertz CT molecular complexity index is 306. The fourth-order valence-electron chi connectivity index (χ4n) is 2.15. The first-order valence-electron chi connectivity index (χ1n) is 6.06. The summed E-state index contributed by atoms with van der Waals surface area (Å²) in [7, 11) is 0. The van der Waals surface area contributed by atoms with Crippen LogP contribution in [-0.4, -0.2) is 26.2 Å². The number of hydrogen-bond acceptors (Lipinski definition) is 1. The monoisotopic (exact) mass is 284 g/mol. The van der Waals surface area contributed by atoms with Gasteiger partial charge in [0.25, 0.3) is 0 Å². The molecule has 1 aliphatic rings. The summed E-state index contributed by atoms with van der Waals surface area (Å²) in [5, 5.41) is 0. The molecule has 0 aromatic heterocycles. The van der Waals surface area contributed by atoms with Gasteiger partial charge in [-0.05, 0) is 43.5 Å². The van der Waals surface area contributed by atoms with Gasteiger partial charge in [0.2, 0.25) is 0 Å². The molecule has 1 aliphatic heterocycles. The quantitative estimate of drug-likeness (QED) is 0.892. The SMILES string of the molecule is Brc1ccc(OCC[NH+]2CCCCC2)cc1. The van der Waals surface area contributed by atoms with E-state index in [2.05, 4.69) is 15.9 Å². The second kappa shape index (κ2) is 6.26. The van der Waals surface area contributed by atoms with E-state index in [1.54, 1.807) is 4.90 Å². The second-order valence-corrected chi connectivity index (χ2v) is 5.28. The first-order valence-corrected chi connectivity index (χ1v) is 6.86. The van der Waals surface area contributed by atoms with Gasteiger partial charge in [0, 0.05) is 4.47 Å². The molecule has 1 aromatic rings. The molecule has 1 aromatic carbocycles. The van der Waals surface area contributed by atoms with Crippen LogP contribution in [0.2, 0.25) is 0 Å². The van der Waals surface area contributed by atoms with E-state index < -0.39 is 0 Å². The molecule has 0 aliphatic carbocycles. The zero-order valence-corrected chi connectivity index (χ0v) is 11.1. The van der Waals surface area contributed by atoms with Gasteiger partial charge in [-0.1, -0.05) is 15.9 Å². The third kappa shape index (κ3) is 3.80. The maximum Gasteiger partial charge on any atom is 0.137 e. The number of halogens is 1. The molecule has 0 spiro atoms. The average Bonchev–Trinajstić information content (AvgIpc) is 2.33. The van der Waals surface area contributed by atoms with Crippen molar-refractivity contribution >= 4 is 15.9 Å². The van der Waals surface area contributed by atoms with E-state index >= 15 is 0 Å². The van der Waals surface area contributed by atoms with Crippen LogP contribution < -0.4 is 9.64 Å². The molecule has 1 heterocycles. The lowest BCUT2D eigenvalue weighted by Crippen LogP contribution is -3.13. The highest BCUT2D eigenvalue weighted by atomic mass is 79.9. The summed E-state index contributed by atoms with van der Waals surface area (Å²) in [5.74, 6) is 0.972. The Morgan fingerprint density at radius 3 is 2.44 bits per heavy atom. The smallest absolute Gasteiger partial charge is 0.137 e. The van der Waals surface area contributed by atoms with Gasteiger partial charge in [0.15, 0.2) is 0 Å². The van der Waals surface area contributed by atoms with Crippen LogP contribution in [0.15, 0.2) is 28.7 Å². The van der Waals surface area contributed by atoms with Gasteiger partial charge in [-0.25, -0.2) is 0 Å². The Kier molecular flexibility index (Phi) is 4.67. The van der Waals surface area contributed by atoms with Gasteiger partial charge in [-0.2, -0.15) is 0 Å².